The first-order valence-corrected chi connectivity index (χ1v) is 10.1. The molecule has 0 aliphatic heterocycles. The number of Topliss-reactive ketones (excluding diaryl/α,β-unsaturated/α-hetero) is 1. The Morgan fingerprint density at radius 3 is 2.45 bits per heavy atom. The molecule has 7 nitrogen and oxygen atoms in total. The third-order valence-corrected chi connectivity index (χ3v) is 5.06. The Bertz CT molecular complexity index is 1160. The molecule has 3 rings (SSSR count). The number of carbonyl (C=O) groups is 2. The second-order valence-corrected chi connectivity index (χ2v) is 6.92. The number of carbonyl (C=O) groups excluding carboxylic acids is 2. The van der Waals surface area contributed by atoms with Crippen LogP contribution >= 0.6 is 0 Å². The van der Waals surface area contributed by atoms with Crippen LogP contribution in [-0.4, -0.2) is 40.8 Å². The van der Waals surface area contributed by atoms with E-state index in [-0.39, 0.29) is 42.4 Å². The van der Waals surface area contributed by atoms with E-state index in [4.69, 9.17) is 9.47 Å². The van der Waals surface area contributed by atoms with Crippen molar-refractivity contribution >= 4 is 22.7 Å². The third kappa shape index (κ3) is 4.23. The number of aryl methyl sites for hydroxylation is 2. The third-order valence-electron chi connectivity index (χ3n) is 5.06. The summed E-state index contributed by atoms with van der Waals surface area (Å²) in [5.41, 5.74) is 1.15. The van der Waals surface area contributed by atoms with Gasteiger partial charge in [0.1, 0.15) is 18.7 Å². The molecule has 0 fully saturated rings. The average Bonchev–Trinajstić information content (AvgIpc) is 3.06. The van der Waals surface area contributed by atoms with Gasteiger partial charge in [-0.25, -0.2) is 9.18 Å². The van der Waals surface area contributed by atoms with E-state index >= 15 is 0 Å². The number of ether oxygens (including phenoxy) is 2. The molecule has 0 aliphatic carbocycles. The molecule has 0 unspecified atom stereocenters. The number of aromatic nitrogens is 2. The number of nitrogens with zero attached hydrogens (tertiary/aromatic N) is 2. The monoisotopic (exact) mass is 428 g/mol. The largest absolute Gasteiger partial charge is 0.487 e. The molecule has 0 aliphatic rings. The predicted octanol–water partition coefficient (Wildman–Crippen LogP) is 3.31. The molecule has 0 atom stereocenters. The maximum atomic E-state index is 13.5. The number of benzene rings is 1. The number of hydrogen-bond donors (Lipinski definition) is 0. The molecule has 0 saturated carbocycles. The van der Waals surface area contributed by atoms with E-state index in [0.29, 0.717) is 23.2 Å². The smallest absolute Gasteiger partial charge is 0.358 e. The van der Waals surface area contributed by atoms with Crippen molar-refractivity contribution < 1.29 is 23.5 Å². The Morgan fingerprint density at radius 1 is 1.13 bits per heavy atom. The zero-order chi connectivity index (χ0) is 22.5. The minimum atomic E-state index is -0.785. The Balaban J connectivity index is 2.22. The van der Waals surface area contributed by atoms with Crippen molar-refractivity contribution in [1.82, 2.24) is 9.13 Å². The van der Waals surface area contributed by atoms with Crippen LogP contribution < -0.4 is 10.3 Å². The summed E-state index contributed by atoms with van der Waals surface area (Å²) in [6, 6.07) is 10.4. The van der Waals surface area contributed by atoms with E-state index in [9.17, 15) is 18.8 Å². The predicted molar refractivity (Wildman–Crippen MR) is 115 cm³/mol. The van der Waals surface area contributed by atoms with Crippen LogP contribution in [-0.2, 0) is 24.8 Å². The Hall–Kier alpha value is -3.42. The number of rotatable bonds is 9. The van der Waals surface area contributed by atoms with Gasteiger partial charge in [-0.15, -0.1) is 0 Å². The van der Waals surface area contributed by atoms with Crippen LogP contribution in [0.2, 0.25) is 0 Å². The summed E-state index contributed by atoms with van der Waals surface area (Å²) in [5, 5.41) is 0.122. The number of hydrogen-bond acceptors (Lipinski definition) is 5. The van der Waals surface area contributed by atoms with E-state index in [1.165, 1.54) is 9.13 Å². The lowest BCUT2D eigenvalue weighted by molar-refractivity contribution is 0.0510. The highest BCUT2D eigenvalue weighted by Crippen LogP contribution is 2.32. The number of ketones is 1. The second-order valence-electron chi connectivity index (χ2n) is 6.92. The molecule has 0 saturated heterocycles. The van der Waals surface area contributed by atoms with Gasteiger partial charge in [0, 0.05) is 18.3 Å². The fourth-order valence-electron chi connectivity index (χ4n) is 3.59. The minimum absolute atomic E-state index is 0.0258. The molecule has 0 spiro atoms. The summed E-state index contributed by atoms with van der Waals surface area (Å²) >= 11 is 0. The Kier molecular flexibility index (Phi) is 6.89. The molecule has 8 heteroatoms. The van der Waals surface area contributed by atoms with Crippen LogP contribution in [0.3, 0.4) is 0 Å². The summed E-state index contributed by atoms with van der Waals surface area (Å²) in [4.78, 5) is 38.8. The van der Waals surface area contributed by atoms with Gasteiger partial charge in [0.05, 0.1) is 18.7 Å². The maximum Gasteiger partial charge on any atom is 0.358 e. The lowest BCUT2D eigenvalue weighted by Crippen LogP contribution is -2.27. The molecular formula is C23H25FN2O5. The standard InChI is InChI=1S/C23H25FN2O5/c1-4-16-13-17-19(21(31-12-11-24)20(25(17)3)23(29)30-5-2)22(28)26(16)14-18(27)15-9-7-6-8-10-15/h6-10,13H,4-5,11-12,14H2,1-3H3. The van der Waals surface area contributed by atoms with Crippen molar-refractivity contribution in [3.05, 3.63) is 63.7 Å². The Labute approximate surface area is 179 Å². The minimum Gasteiger partial charge on any atom is -0.487 e. The molecule has 2 heterocycles. The van der Waals surface area contributed by atoms with Gasteiger partial charge in [0.2, 0.25) is 0 Å². The topological polar surface area (TPSA) is 79.5 Å². The number of alkyl halides is 1. The van der Waals surface area contributed by atoms with Gasteiger partial charge in [0.25, 0.3) is 5.56 Å². The second kappa shape index (κ2) is 9.59. The number of pyridine rings is 1. The lowest BCUT2D eigenvalue weighted by Gasteiger charge is -2.12. The fourth-order valence-corrected chi connectivity index (χ4v) is 3.59. The molecule has 164 valence electrons. The van der Waals surface area contributed by atoms with Crippen LogP contribution in [0.5, 0.6) is 5.75 Å². The lowest BCUT2D eigenvalue weighted by atomic mass is 10.1. The van der Waals surface area contributed by atoms with Crippen LogP contribution in [0.1, 0.15) is 40.4 Å². The van der Waals surface area contributed by atoms with E-state index in [2.05, 4.69) is 0 Å². The highest BCUT2D eigenvalue weighted by Gasteiger charge is 2.27. The van der Waals surface area contributed by atoms with Crippen molar-refractivity contribution in [2.75, 3.05) is 19.9 Å². The van der Waals surface area contributed by atoms with Crippen molar-refractivity contribution in [1.29, 1.82) is 0 Å². The molecule has 0 N–H and O–H groups in total. The molecule has 2 aromatic heterocycles. The maximum absolute atomic E-state index is 13.5. The van der Waals surface area contributed by atoms with Crippen LogP contribution in [0.4, 0.5) is 4.39 Å². The number of esters is 1. The SMILES string of the molecule is CCOC(=O)c1c(OCCF)c2c(=O)n(CC(=O)c3ccccc3)c(CC)cc2n1C. The highest BCUT2D eigenvalue weighted by atomic mass is 19.1. The first-order chi connectivity index (χ1) is 14.9. The van der Waals surface area contributed by atoms with Gasteiger partial charge in [0.15, 0.2) is 17.2 Å². The number of fused-ring (bicyclic) bond motifs is 1. The van der Waals surface area contributed by atoms with E-state index in [0.717, 1.165) is 0 Å². The van der Waals surface area contributed by atoms with Crippen molar-refractivity contribution in [2.24, 2.45) is 7.05 Å². The van der Waals surface area contributed by atoms with Crippen LogP contribution in [0.25, 0.3) is 10.9 Å². The Morgan fingerprint density at radius 2 is 1.84 bits per heavy atom. The molecule has 3 aromatic rings. The molecule has 1 aromatic carbocycles. The van der Waals surface area contributed by atoms with Crippen LogP contribution in [0.15, 0.2) is 41.2 Å². The highest BCUT2D eigenvalue weighted by molar-refractivity contribution is 6.02. The summed E-state index contributed by atoms with van der Waals surface area (Å²) in [6.45, 7) is 2.42. The van der Waals surface area contributed by atoms with E-state index in [1.54, 1.807) is 44.3 Å². The average molecular weight is 428 g/mol. The zero-order valence-corrected chi connectivity index (χ0v) is 17.8. The van der Waals surface area contributed by atoms with Gasteiger partial charge in [-0.3, -0.25) is 9.59 Å². The van der Waals surface area contributed by atoms with Crippen LogP contribution in [0, 0.1) is 0 Å². The summed E-state index contributed by atoms with van der Waals surface area (Å²) in [6.07, 6.45) is 0.494. The quantitative estimate of drug-likeness (QED) is 0.386. The molecule has 31 heavy (non-hydrogen) atoms. The van der Waals surface area contributed by atoms with Gasteiger partial charge in [-0.2, -0.15) is 0 Å². The van der Waals surface area contributed by atoms with Gasteiger partial charge in [-0.05, 0) is 19.4 Å². The molecular weight excluding hydrogens is 403 g/mol. The van der Waals surface area contributed by atoms with Gasteiger partial charge in [-0.1, -0.05) is 37.3 Å². The molecule has 0 bridgehead atoms. The first-order valence-electron chi connectivity index (χ1n) is 10.1. The zero-order valence-electron chi connectivity index (χ0n) is 17.8. The van der Waals surface area contributed by atoms with Gasteiger partial charge < -0.3 is 18.6 Å². The molecule has 0 radical (unpaired) electrons. The van der Waals surface area contributed by atoms with Crippen molar-refractivity contribution in [2.45, 2.75) is 26.8 Å². The van der Waals surface area contributed by atoms with Crippen molar-refractivity contribution in [3.63, 3.8) is 0 Å². The molecule has 0 amide bonds. The van der Waals surface area contributed by atoms with E-state index in [1.807, 2.05) is 13.0 Å². The van der Waals surface area contributed by atoms with Crippen molar-refractivity contribution in [3.8, 4) is 5.75 Å². The summed E-state index contributed by atoms with van der Waals surface area (Å²) in [7, 11) is 1.62. The normalized spacial score (nSPS) is 11.0. The van der Waals surface area contributed by atoms with E-state index < -0.39 is 18.2 Å². The first kappa shape index (κ1) is 22.3. The fraction of sp³-hybridized carbons (Fsp3) is 0.348. The summed E-state index contributed by atoms with van der Waals surface area (Å²) < 4.78 is 26.4. The van der Waals surface area contributed by atoms with Gasteiger partial charge >= 0.3 is 5.97 Å². The number of halogens is 1. The summed E-state index contributed by atoms with van der Waals surface area (Å²) in [5.74, 6) is -0.911.